The Morgan fingerprint density at radius 2 is 2.50 bits per heavy atom. The highest BCUT2D eigenvalue weighted by atomic mass is 32.1. The highest BCUT2D eigenvalue weighted by molar-refractivity contribution is 7.75. The number of rotatable bonds is 1. The average molecular weight is 161 g/mol. The second kappa shape index (κ2) is 3.25. The molecule has 0 saturated carbocycles. The van der Waals surface area contributed by atoms with Crippen molar-refractivity contribution in [2.75, 3.05) is 6.54 Å². The molecule has 1 fully saturated rings. The predicted octanol–water partition coefficient (Wildman–Crippen LogP) is 1.02. The third kappa shape index (κ3) is 1.44. The number of amides is 1. The van der Waals surface area contributed by atoms with Gasteiger partial charge in [0.15, 0.2) is 0 Å². The summed E-state index contributed by atoms with van der Waals surface area (Å²) >= 11 is 3.57. The topological polar surface area (TPSA) is 29.5 Å². The van der Waals surface area contributed by atoms with Gasteiger partial charge >= 0.3 is 0 Å². The Balaban J connectivity index is 2.51. The van der Waals surface area contributed by atoms with Crippen LogP contribution in [0.2, 0.25) is 0 Å². The van der Waals surface area contributed by atoms with Crippen LogP contribution in [-0.4, -0.2) is 17.5 Å². The summed E-state index contributed by atoms with van der Waals surface area (Å²) in [6.45, 7) is 2.58. The number of hydrogen-bond donors (Lipinski definition) is 1. The van der Waals surface area contributed by atoms with Gasteiger partial charge in [0.25, 0.3) is 0 Å². The Morgan fingerprint density at radius 3 is 3.00 bits per heavy atom. The maximum atomic E-state index is 11.1. The molecule has 3 nitrogen and oxygen atoms in total. The lowest BCUT2D eigenvalue weighted by atomic mass is 10.0. The standard InChI is InChI=1S/C6H11NO2S/c1-5-3-2-4-7(9-10)6(5)8/h5,10H,2-4H2,1H3. The summed E-state index contributed by atoms with van der Waals surface area (Å²) in [5.41, 5.74) is 0. The van der Waals surface area contributed by atoms with E-state index in [2.05, 4.69) is 17.2 Å². The normalized spacial score (nSPS) is 27.2. The van der Waals surface area contributed by atoms with Gasteiger partial charge in [0, 0.05) is 25.4 Å². The minimum Gasteiger partial charge on any atom is -0.272 e. The summed E-state index contributed by atoms with van der Waals surface area (Å²) in [5, 5.41) is 1.30. The average Bonchev–Trinajstić information content (AvgIpc) is 1.95. The van der Waals surface area contributed by atoms with Gasteiger partial charge in [0.2, 0.25) is 5.91 Å². The van der Waals surface area contributed by atoms with Crippen LogP contribution in [-0.2, 0) is 9.08 Å². The van der Waals surface area contributed by atoms with Crippen molar-refractivity contribution in [1.82, 2.24) is 5.06 Å². The van der Waals surface area contributed by atoms with E-state index in [1.165, 1.54) is 5.06 Å². The van der Waals surface area contributed by atoms with E-state index in [1.807, 2.05) is 6.92 Å². The summed E-state index contributed by atoms with van der Waals surface area (Å²) in [4.78, 5) is 11.1. The van der Waals surface area contributed by atoms with Crippen molar-refractivity contribution in [2.24, 2.45) is 5.92 Å². The second-order valence-electron chi connectivity index (χ2n) is 2.57. The number of hydrogen-bond acceptors (Lipinski definition) is 3. The molecule has 4 heteroatoms. The van der Waals surface area contributed by atoms with Crippen molar-refractivity contribution in [3.05, 3.63) is 0 Å². The third-order valence-corrected chi connectivity index (χ3v) is 1.96. The summed E-state index contributed by atoms with van der Waals surface area (Å²) < 4.78 is 4.55. The van der Waals surface area contributed by atoms with E-state index in [4.69, 9.17) is 0 Å². The first-order chi connectivity index (χ1) is 4.75. The van der Waals surface area contributed by atoms with Crippen LogP contribution in [0.15, 0.2) is 0 Å². The summed E-state index contributed by atoms with van der Waals surface area (Å²) in [5.74, 6) is 0.141. The molecule has 0 radical (unpaired) electrons. The zero-order valence-electron chi connectivity index (χ0n) is 5.91. The number of piperidine rings is 1. The van der Waals surface area contributed by atoms with Crippen molar-refractivity contribution in [3.8, 4) is 0 Å². The Labute approximate surface area is 65.9 Å². The minimum absolute atomic E-state index is 0.0428. The molecular formula is C6H11NO2S. The van der Waals surface area contributed by atoms with E-state index in [-0.39, 0.29) is 11.8 Å². The predicted molar refractivity (Wildman–Crippen MR) is 40.2 cm³/mol. The molecule has 1 atom stereocenters. The van der Waals surface area contributed by atoms with Crippen LogP contribution in [0, 0.1) is 5.92 Å². The lowest BCUT2D eigenvalue weighted by Gasteiger charge is -2.26. The van der Waals surface area contributed by atoms with Gasteiger partial charge in [-0.25, -0.2) is 9.35 Å². The lowest BCUT2D eigenvalue weighted by molar-refractivity contribution is -0.162. The molecule has 1 aliphatic rings. The van der Waals surface area contributed by atoms with Gasteiger partial charge in [0.1, 0.15) is 0 Å². The monoisotopic (exact) mass is 161 g/mol. The van der Waals surface area contributed by atoms with E-state index >= 15 is 0 Å². The fourth-order valence-electron chi connectivity index (χ4n) is 1.10. The smallest absolute Gasteiger partial charge is 0.249 e. The van der Waals surface area contributed by atoms with Crippen molar-refractivity contribution in [2.45, 2.75) is 19.8 Å². The van der Waals surface area contributed by atoms with E-state index in [9.17, 15) is 4.79 Å². The number of carbonyl (C=O) groups excluding carboxylic acids is 1. The molecule has 58 valence electrons. The Kier molecular flexibility index (Phi) is 2.56. The maximum Gasteiger partial charge on any atom is 0.249 e. The zero-order valence-corrected chi connectivity index (χ0v) is 6.80. The largest absolute Gasteiger partial charge is 0.272 e. The van der Waals surface area contributed by atoms with Crippen molar-refractivity contribution < 1.29 is 9.08 Å². The first-order valence-electron chi connectivity index (χ1n) is 3.38. The molecule has 1 heterocycles. The maximum absolute atomic E-state index is 11.1. The molecule has 0 aromatic carbocycles. The third-order valence-electron chi connectivity index (χ3n) is 1.76. The van der Waals surface area contributed by atoms with Gasteiger partial charge in [-0.1, -0.05) is 6.92 Å². The van der Waals surface area contributed by atoms with E-state index < -0.39 is 0 Å². The van der Waals surface area contributed by atoms with Crippen LogP contribution in [0.25, 0.3) is 0 Å². The molecular weight excluding hydrogens is 150 g/mol. The first kappa shape index (κ1) is 7.88. The van der Waals surface area contributed by atoms with Gasteiger partial charge in [-0.05, 0) is 12.8 Å². The van der Waals surface area contributed by atoms with E-state index in [0.717, 1.165) is 12.8 Å². The lowest BCUT2D eigenvalue weighted by Crippen LogP contribution is -2.38. The fraction of sp³-hybridized carbons (Fsp3) is 0.833. The molecule has 1 amide bonds. The van der Waals surface area contributed by atoms with Crippen molar-refractivity contribution in [3.63, 3.8) is 0 Å². The molecule has 10 heavy (non-hydrogen) atoms. The summed E-state index contributed by atoms with van der Waals surface area (Å²) in [6.07, 6.45) is 1.97. The van der Waals surface area contributed by atoms with E-state index in [1.54, 1.807) is 0 Å². The molecule has 0 bridgehead atoms. The zero-order chi connectivity index (χ0) is 7.56. The van der Waals surface area contributed by atoms with Crippen LogP contribution in [0.3, 0.4) is 0 Å². The molecule has 0 N–H and O–H groups in total. The molecule has 1 saturated heterocycles. The van der Waals surface area contributed by atoms with Crippen LogP contribution in [0.1, 0.15) is 19.8 Å². The fourth-order valence-corrected chi connectivity index (χ4v) is 1.26. The summed E-state index contributed by atoms with van der Waals surface area (Å²) in [7, 11) is 0. The number of thiol groups is 1. The quantitative estimate of drug-likeness (QED) is 0.459. The van der Waals surface area contributed by atoms with Gasteiger partial charge in [-0.15, -0.1) is 0 Å². The molecule has 0 aliphatic carbocycles. The Hall–Kier alpha value is -0.220. The van der Waals surface area contributed by atoms with Gasteiger partial charge in [-0.2, -0.15) is 0 Å². The molecule has 1 rings (SSSR count). The Bertz CT molecular complexity index is 140. The van der Waals surface area contributed by atoms with Crippen molar-refractivity contribution >= 4 is 18.8 Å². The van der Waals surface area contributed by atoms with E-state index in [0.29, 0.717) is 6.54 Å². The molecule has 0 aromatic rings. The molecule has 0 aromatic heterocycles. The van der Waals surface area contributed by atoms with Gasteiger partial charge in [0.05, 0.1) is 0 Å². The van der Waals surface area contributed by atoms with Crippen LogP contribution in [0.4, 0.5) is 0 Å². The van der Waals surface area contributed by atoms with Crippen LogP contribution >= 0.6 is 12.9 Å². The van der Waals surface area contributed by atoms with Gasteiger partial charge < -0.3 is 0 Å². The van der Waals surface area contributed by atoms with Crippen LogP contribution in [0.5, 0.6) is 0 Å². The SMILES string of the molecule is CC1CCCN(OS)C1=O. The number of hydroxylamine groups is 2. The summed E-state index contributed by atoms with van der Waals surface area (Å²) in [6, 6.07) is 0. The first-order valence-corrected chi connectivity index (χ1v) is 3.75. The molecule has 0 spiro atoms. The number of nitrogens with zero attached hydrogens (tertiary/aromatic N) is 1. The number of carbonyl (C=O) groups is 1. The van der Waals surface area contributed by atoms with Crippen LogP contribution < -0.4 is 0 Å². The van der Waals surface area contributed by atoms with Crippen molar-refractivity contribution in [1.29, 1.82) is 0 Å². The second-order valence-corrected chi connectivity index (χ2v) is 2.73. The Morgan fingerprint density at radius 1 is 1.80 bits per heavy atom. The molecule has 1 aliphatic heterocycles. The molecule has 1 unspecified atom stereocenters. The minimum atomic E-state index is 0.0428. The van der Waals surface area contributed by atoms with Gasteiger partial charge in [-0.3, -0.25) is 4.79 Å². The highest BCUT2D eigenvalue weighted by Gasteiger charge is 2.25. The highest BCUT2D eigenvalue weighted by Crippen LogP contribution is 2.17.